The lowest BCUT2D eigenvalue weighted by molar-refractivity contribution is 0.443. The van der Waals surface area contributed by atoms with Gasteiger partial charge in [-0.2, -0.15) is 5.26 Å². The second-order valence-electron chi connectivity index (χ2n) is 7.44. The fourth-order valence-corrected chi connectivity index (χ4v) is 4.96. The first kappa shape index (κ1) is 21.2. The molecule has 0 aliphatic heterocycles. The Morgan fingerprint density at radius 2 is 1.97 bits per heavy atom. The first-order valence-corrected chi connectivity index (χ1v) is 11.4. The number of rotatable bonds is 5. The van der Waals surface area contributed by atoms with E-state index >= 15 is 0 Å². The van der Waals surface area contributed by atoms with Gasteiger partial charge in [0, 0.05) is 16.3 Å². The molecular weight excluding hydrogens is 430 g/mol. The van der Waals surface area contributed by atoms with E-state index in [1.165, 1.54) is 18.2 Å². The largest absolute Gasteiger partial charge is 0.444 e. The first-order valence-electron chi connectivity index (χ1n) is 10.0. The number of aromatic nitrogens is 2. The number of nitriles is 1. The Labute approximate surface area is 190 Å². The summed E-state index contributed by atoms with van der Waals surface area (Å²) < 4.78 is 5.60. The number of nitrogens with zero attached hydrogens (tertiary/aromatic N) is 4. The van der Waals surface area contributed by atoms with Crippen LogP contribution in [0.3, 0.4) is 0 Å². The highest BCUT2D eigenvalue weighted by Crippen LogP contribution is 2.44. The molecule has 0 saturated heterocycles. The zero-order chi connectivity index (χ0) is 21.8. The Kier molecular flexibility index (Phi) is 6.46. The molecule has 2 heterocycles. The van der Waals surface area contributed by atoms with Gasteiger partial charge in [0.25, 0.3) is 0 Å². The summed E-state index contributed by atoms with van der Waals surface area (Å²) in [7, 11) is 0. The molecule has 31 heavy (non-hydrogen) atoms. The predicted molar refractivity (Wildman–Crippen MR) is 122 cm³/mol. The third-order valence-electron chi connectivity index (χ3n) is 5.44. The third kappa shape index (κ3) is 4.54. The Hall–Kier alpha value is -3.00. The number of nitrogens with two attached hydrogens (primary N) is 1. The minimum atomic E-state index is 0.181. The highest BCUT2D eigenvalue weighted by atomic mass is 35.5. The molecule has 0 unspecified atom stereocenters. The quantitative estimate of drug-likeness (QED) is 0.342. The van der Waals surface area contributed by atoms with Gasteiger partial charge in [0.15, 0.2) is 0 Å². The Morgan fingerprint density at radius 1 is 1.23 bits per heavy atom. The van der Waals surface area contributed by atoms with Crippen molar-refractivity contribution < 1.29 is 4.42 Å². The number of nitrogen functional groups attached to an aromatic ring is 1. The number of halogens is 1. The van der Waals surface area contributed by atoms with E-state index in [4.69, 9.17) is 28.3 Å². The maximum atomic E-state index is 9.92. The maximum absolute atomic E-state index is 9.92. The maximum Gasteiger partial charge on any atom is 0.232 e. The van der Waals surface area contributed by atoms with Gasteiger partial charge in [0.05, 0.1) is 17.8 Å². The second kappa shape index (κ2) is 9.43. The smallest absolute Gasteiger partial charge is 0.232 e. The van der Waals surface area contributed by atoms with Crippen LogP contribution in [0.4, 0.5) is 11.5 Å². The van der Waals surface area contributed by atoms with E-state index in [9.17, 15) is 5.26 Å². The summed E-state index contributed by atoms with van der Waals surface area (Å²) in [5.74, 6) is 1.35. The van der Waals surface area contributed by atoms with Crippen LogP contribution in [0.25, 0.3) is 16.3 Å². The van der Waals surface area contributed by atoms with Crippen molar-refractivity contribution in [3.8, 4) is 17.5 Å². The molecule has 3 aromatic rings. The van der Waals surface area contributed by atoms with E-state index in [-0.39, 0.29) is 11.7 Å². The minimum absolute atomic E-state index is 0.181. The second-order valence-corrected chi connectivity index (χ2v) is 8.84. The number of oxazole rings is 1. The summed E-state index contributed by atoms with van der Waals surface area (Å²) in [5.41, 5.74) is 9.27. The molecule has 1 aromatic carbocycles. The minimum Gasteiger partial charge on any atom is -0.444 e. The van der Waals surface area contributed by atoms with E-state index in [1.54, 1.807) is 18.4 Å². The molecule has 4 rings (SSSR count). The average molecular weight is 450 g/mol. The van der Waals surface area contributed by atoms with Crippen LogP contribution in [0.1, 0.15) is 54.8 Å². The van der Waals surface area contributed by atoms with Crippen LogP contribution in [0, 0.1) is 17.9 Å². The van der Waals surface area contributed by atoms with Crippen molar-refractivity contribution >= 4 is 34.9 Å². The number of anilines is 1. The van der Waals surface area contributed by atoms with Gasteiger partial charge in [0.1, 0.15) is 23.2 Å². The standard InChI is InChI=1S/C23H20ClN5OS/c1-27-20-19(14-5-3-2-4-6-14)18(11-25)23(29-21(20)26)31-13-17-12-30-22(28-17)15-7-9-16(24)10-8-15/h7-10,12,14H,2-6,13H2,(H2,26,29). The summed E-state index contributed by atoms with van der Waals surface area (Å²) >= 11 is 7.32. The van der Waals surface area contributed by atoms with E-state index in [0.29, 0.717) is 32.9 Å². The van der Waals surface area contributed by atoms with Crippen molar-refractivity contribution in [3.05, 3.63) is 63.8 Å². The number of thioether (sulfide) groups is 1. The number of pyridine rings is 1. The van der Waals surface area contributed by atoms with Gasteiger partial charge in [-0.25, -0.2) is 14.8 Å². The summed E-state index contributed by atoms with van der Waals surface area (Å²) in [6.45, 7) is 7.58. The number of hydrogen-bond acceptors (Lipinski definition) is 6. The summed E-state index contributed by atoms with van der Waals surface area (Å²) in [4.78, 5) is 12.5. The third-order valence-corrected chi connectivity index (χ3v) is 6.70. The molecule has 6 nitrogen and oxygen atoms in total. The SMILES string of the molecule is [C-]#[N+]c1c(N)nc(SCc2coc(-c3ccc(Cl)cc3)n2)c(C#N)c1C1CCCCC1. The van der Waals surface area contributed by atoms with Crippen LogP contribution in [0.2, 0.25) is 5.02 Å². The van der Waals surface area contributed by atoms with Gasteiger partial charge in [-0.05, 0) is 48.6 Å². The zero-order valence-electron chi connectivity index (χ0n) is 16.8. The van der Waals surface area contributed by atoms with Gasteiger partial charge in [-0.15, -0.1) is 0 Å². The molecule has 0 radical (unpaired) electrons. The molecule has 0 bridgehead atoms. The van der Waals surface area contributed by atoms with Crippen LogP contribution in [0.5, 0.6) is 0 Å². The van der Waals surface area contributed by atoms with Crippen LogP contribution in [0.15, 0.2) is 40.0 Å². The highest BCUT2D eigenvalue weighted by molar-refractivity contribution is 7.98. The fourth-order valence-electron chi connectivity index (χ4n) is 3.95. The van der Waals surface area contributed by atoms with E-state index in [2.05, 4.69) is 20.9 Å². The molecular formula is C23H20ClN5OS. The Balaban J connectivity index is 1.60. The summed E-state index contributed by atoms with van der Waals surface area (Å²) in [6, 6.07) is 9.56. The van der Waals surface area contributed by atoms with Crippen molar-refractivity contribution in [1.29, 1.82) is 5.26 Å². The molecule has 2 aromatic heterocycles. The van der Waals surface area contributed by atoms with Gasteiger partial charge in [-0.3, -0.25) is 0 Å². The normalized spacial score (nSPS) is 14.2. The lowest BCUT2D eigenvalue weighted by atomic mass is 9.82. The molecule has 8 heteroatoms. The molecule has 1 aliphatic carbocycles. The molecule has 0 atom stereocenters. The van der Waals surface area contributed by atoms with Crippen LogP contribution in [-0.4, -0.2) is 9.97 Å². The monoisotopic (exact) mass is 449 g/mol. The fraction of sp³-hybridized carbons (Fsp3) is 0.304. The molecule has 1 aliphatic rings. The van der Waals surface area contributed by atoms with Crippen LogP contribution in [-0.2, 0) is 5.75 Å². The molecule has 2 N–H and O–H groups in total. The van der Waals surface area contributed by atoms with E-state index in [0.717, 1.165) is 42.5 Å². The summed E-state index contributed by atoms with van der Waals surface area (Å²) in [6.07, 6.45) is 6.93. The molecule has 156 valence electrons. The van der Waals surface area contributed by atoms with Crippen LogP contribution < -0.4 is 5.73 Å². The Bertz CT molecular complexity index is 1170. The van der Waals surface area contributed by atoms with Gasteiger partial charge in [0.2, 0.25) is 11.6 Å². The number of benzene rings is 1. The first-order chi connectivity index (χ1) is 15.1. The highest BCUT2D eigenvalue weighted by Gasteiger charge is 2.27. The molecule has 0 amide bonds. The number of hydrogen-bond donors (Lipinski definition) is 1. The lowest BCUT2D eigenvalue weighted by Crippen LogP contribution is -2.10. The molecule has 0 spiro atoms. The van der Waals surface area contributed by atoms with E-state index < -0.39 is 0 Å². The lowest BCUT2D eigenvalue weighted by Gasteiger charge is -2.25. The topological polar surface area (TPSA) is 93.1 Å². The van der Waals surface area contributed by atoms with Gasteiger partial charge in [-0.1, -0.05) is 42.6 Å². The zero-order valence-corrected chi connectivity index (χ0v) is 18.3. The Morgan fingerprint density at radius 3 is 2.65 bits per heavy atom. The van der Waals surface area contributed by atoms with Gasteiger partial charge >= 0.3 is 0 Å². The van der Waals surface area contributed by atoms with Gasteiger partial charge < -0.3 is 10.2 Å². The van der Waals surface area contributed by atoms with Crippen molar-refractivity contribution in [2.24, 2.45) is 0 Å². The predicted octanol–water partition coefficient (Wildman–Crippen LogP) is 6.73. The van der Waals surface area contributed by atoms with Crippen molar-refractivity contribution in [1.82, 2.24) is 9.97 Å². The van der Waals surface area contributed by atoms with E-state index in [1.807, 2.05) is 12.1 Å². The van der Waals surface area contributed by atoms with Crippen molar-refractivity contribution in [3.63, 3.8) is 0 Å². The molecule has 1 saturated carbocycles. The van der Waals surface area contributed by atoms with Crippen molar-refractivity contribution in [2.45, 2.75) is 48.8 Å². The average Bonchev–Trinajstić information content (AvgIpc) is 3.27. The summed E-state index contributed by atoms with van der Waals surface area (Å²) in [5, 5.41) is 11.1. The van der Waals surface area contributed by atoms with Crippen LogP contribution >= 0.6 is 23.4 Å². The van der Waals surface area contributed by atoms with Crippen molar-refractivity contribution in [2.75, 3.05) is 5.73 Å². The molecule has 1 fully saturated rings.